The van der Waals surface area contributed by atoms with Gasteiger partial charge in [0.15, 0.2) is 5.78 Å². The summed E-state index contributed by atoms with van der Waals surface area (Å²) in [6, 6.07) is 0. The Labute approximate surface area is 112 Å². The molecule has 2 nitrogen and oxygen atoms in total. The summed E-state index contributed by atoms with van der Waals surface area (Å²) in [5.41, 5.74) is -0.126. The minimum Gasteiger partial charge on any atom is -0.297 e. The molecule has 2 heteroatoms. The van der Waals surface area contributed by atoms with Crippen molar-refractivity contribution in [3.8, 4) is 0 Å². The van der Waals surface area contributed by atoms with Gasteiger partial charge in [0.05, 0.1) is 5.54 Å². The van der Waals surface area contributed by atoms with Crippen LogP contribution in [0.15, 0.2) is 0 Å². The predicted molar refractivity (Wildman–Crippen MR) is 75.7 cm³/mol. The van der Waals surface area contributed by atoms with Crippen molar-refractivity contribution in [2.45, 2.75) is 76.2 Å². The lowest BCUT2D eigenvalue weighted by molar-refractivity contribution is -0.136. The lowest BCUT2D eigenvalue weighted by Crippen LogP contribution is -2.53. The van der Waals surface area contributed by atoms with E-state index in [-0.39, 0.29) is 5.54 Å². The molecule has 0 radical (unpaired) electrons. The van der Waals surface area contributed by atoms with Crippen molar-refractivity contribution in [2.24, 2.45) is 5.92 Å². The zero-order chi connectivity index (χ0) is 13.0. The van der Waals surface area contributed by atoms with Crippen LogP contribution in [0.4, 0.5) is 0 Å². The first kappa shape index (κ1) is 14.0. The summed E-state index contributed by atoms with van der Waals surface area (Å²) in [7, 11) is 4.23. The van der Waals surface area contributed by atoms with Crippen LogP contribution in [0.2, 0.25) is 0 Å². The monoisotopic (exact) mass is 251 g/mol. The number of Topliss-reactive ketones (excluding diaryl/α,β-unsaturated/α-hetero) is 1. The molecule has 0 N–H and O–H groups in total. The highest BCUT2D eigenvalue weighted by molar-refractivity contribution is 5.90. The number of ketones is 1. The molecule has 2 aliphatic carbocycles. The van der Waals surface area contributed by atoms with Crippen LogP contribution in [0.1, 0.15) is 70.6 Å². The van der Waals surface area contributed by atoms with Crippen LogP contribution in [0.25, 0.3) is 0 Å². The molecule has 2 saturated carbocycles. The molecule has 0 aromatic carbocycles. The van der Waals surface area contributed by atoms with Gasteiger partial charge in [0.1, 0.15) is 0 Å². The van der Waals surface area contributed by atoms with Crippen molar-refractivity contribution in [1.29, 1.82) is 0 Å². The van der Waals surface area contributed by atoms with E-state index in [4.69, 9.17) is 0 Å². The SMILES string of the molecule is CN(C)C1(C(=O)C2CCCCC2)CCCCCC1. The standard InChI is InChI=1S/C16H29NO/c1-17(2)16(12-8-3-4-9-13-16)15(18)14-10-6-5-7-11-14/h14H,3-13H2,1-2H3. The fourth-order valence-corrected chi connectivity index (χ4v) is 3.97. The Hall–Kier alpha value is -0.370. The molecular weight excluding hydrogens is 222 g/mol. The van der Waals surface area contributed by atoms with Crippen molar-refractivity contribution in [3.63, 3.8) is 0 Å². The molecule has 0 amide bonds. The van der Waals surface area contributed by atoms with Crippen molar-refractivity contribution in [1.82, 2.24) is 4.90 Å². The molecule has 0 bridgehead atoms. The zero-order valence-electron chi connectivity index (χ0n) is 12.2. The quantitative estimate of drug-likeness (QED) is 0.711. The Morgan fingerprint density at radius 3 is 1.89 bits per heavy atom. The minimum absolute atomic E-state index is 0.126. The first-order chi connectivity index (χ1) is 8.67. The van der Waals surface area contributed by atoms with Crippen LogP contribution in [-0.2, 0) is 4.79 Å². The third-order valence-electron chi connectivity index (χ3n) is 5.22. The second-order valence-corrected chi connectivity index (χ2v) is 6.54. The molecule has 0 aliphatic heterocycles. The summed E-state index contributed by atoms with van der Waals surface area (Å²) in [5.74, 6) is 0.938. The molecule has 2 rings (SSSR count). The van der Waals surface area contributed by atoms with E-state index < -0.39 is 0 Å². The van der Waals surface area contributed by atoms with Crippen LogP contribution in [0.5, 0.6) is 0 Å². The first-order valence-corrected chi connectivity index (χ1v) is 7.88. The maximum absolute atomic E-state index is 13.0. The van der Waals surface area contributed by atoms with Crippen LogP contribution in [0.3, 0.4) is 0 Å². The van der Waals surface area contributed by atoms with Gasteiger partial charge in [-0.3, -0.25) is 9.69 Å². The Bertz CT molecular complexity index is 271. The van der Waals surface area contributed by atoms with E-state index in [0.717, 1.165) is 25.7 Å². The van der Waals surface area contributed by atoms with Gasteiger partial charge in [-0.25, -0.2) is 0 Å². The average molecular weight is 251 g/mol. The molecule has 18 heavy (non-hydrogen) atoms. The largest absolute Gasteiger partial charge is 0.297 e. The third-order valence-corrected chi connectivity index (χ3v) is 5.22. The molecular formula is C16H29NO. The summed E-state index contributed by atoms with van der Waals surface area (Å²) in [5, 5.41) is 0. The van der Waals surface area contributed by atoms with Crippen LogP contribution in [0, 0.1) is 5.92 Å². The van der Waals surface area contributed by atoms with Gasteiger partial charge in [-0.1, -0.05) is 44.9 Å². The Kier molecular flexibility index (Phi) is 4.83. The van der Waals surface area contributed by atoms with Crippen molar-refractivity contribution in [3.05, 3.63) is 0 Å². The lowest BCUT2D eigenvalue weighted by atomic mass is 9.74. The molecule has 0 aromatic rings. The van der Waals surface area contributed by atoms with Gasteiger partial charge in [-0.05, 0) is 39.8 Å². The molecule has 0 heterocycles. The van der Waals surface area contributed by atoms with Gasteiger partial charge in [0.2, 0.25) is 0 Å². The number of hydrogen-bond donors (Lipinski definition) is 0. The molecule has 0 spiro atoms. The summed E-state index contributed by atoms with van der Waals surface area (Å²) in [6.07, 6.45) is 13.4. The highest BCUT2D eigenvalue weighted by Crippen LogP contribution is 2.37. The van der Waals surface area contributed by atoms with Crippen molar-refractivity contribution < 1.29 is 4.79 Å². The van der Waals surface area contributed by atoms with E-state index in [2.05, 4.69) is 19.0 Å². The van der Waals surface area contributed by atoms with Gasteiger partial charge in [0, 0.05) is 5.92 Å². The smallest absolute Gasteiger partial charge is 0.156 e. The molecule has 2 aliphatic rings. The molecule has 0 atom stereocenters. The molecule has 2 fully saturated rings. The number of carbonyl (C=O) groups is 1. The Morgan fingerprint density at radius 2 is 1.39 bits per heavy atom. The number of rotatable bonds is 3. The van der Waals surface area contributed by atoms with Gasteiger partial charge in [-0.15, -0.1) is 0 Å². The first-order valence-electron chi connectivity index (χ1n) is 7.88. The summed E-state index contributed by atoms with van der Waals surface area (Å²) < 4.78 is 0. The molecule has 0 saturated heterocycles. The highest BCUT2D eigenvalue weighted by Gasteiger charge is 2.43. The summed E-state index contributed by atoms with van der Waals surface area (Å²) in [6.45, 7) is 0. The van der Waals surface area contributed by atoms with Crippen molar-refractivity contribution in [2.75, 3.05) is 14.1 Å². The van der Waals surface area contributed by atoms with Gasteiger partial charge in [-0.2, -0.15) is 0 Å². The van der Waals surface area contributed by atoms with E-state index in [1.165, 1.54) is 44.9 Å². The van der Waals surface area contributed by atoms with E-state index in [0.29, 0.717) is 11.7 Å². The minimum atomic E-state index is -0.126. The van der Waals surface area contributed by atoms with Crippen LogP contribution in [-0.4, -0.2) is 30.3 Å². The van der Waals surface area contributed by atoms with E-state index in [1.54, 1.807) is 0 Å². The van der Waals surface area contributed by atoms with Gasteiger partial charge in [0.25, 0.3) is 0 Å². The second kappa shape index (κ2) is 6.18. The zero-order valence-corrected chi connectivity index (χ0v) is 12.2. The molecule has 0 aromatic heterocycles. The van der Waals surface area contributed by atoms with Crippen LogP contribution < -0.4 is 0 Å². The maximum atomic E-state index is 13.0. The second-order valence-electron chi connectivity index (χ2n) is 6.54. The van der Waals surface area contributed by atoms with E-state index >= 15 is 0 Å². The van der Waals surface area contributed by atoms with E-state index in [9.17, 15) is 4.79 Å². The van der Waals surface area contributed by atoms with E-state index in [1.807, 2.05) is 0 Å². The third kappa shape index (κ3) is 2.79. The maximum Gasteiger partial charge on any atom is 0.156 e. The number of carbonyl (C=O) groups excluding carboxylic acids is 1. The average Bonchev–Trinajstić information content (AvgIpc) is 2.65. The molecule has 0 unspecified atom stereocenters. The fraction of sp³-hybridized carbons (Fsp3) is 0.938. The Morgan fingerprint density at radius 1 is 0.889 bits per heavy atom. The lowest BCUT2D eigenvalue weighted by Gasteiger charge is -2.41. The van der Waals surface area contributed by atoms with Crippen molar-refractivity contribution >= 4 is 5.78 Å². The highest BCUT2D eigenvalue weighted by atomic mass is 16.1. The number of hydrogen-bond acceptors (Lipinski definition) is 2. The predicted octanol–water partition coefficient (Wildman–Crippen LogP) is 3.79. The summed E-state index contributed by atoms with van der Waals surface area (Å²) in [4.78, 5) is 15.3. The van der Waals surface area contributed by atoms with Crippen LogP contribution >= 0.6 is 0 Å². The summed E-state index contributed by atoms with van der Waals surface area (Å²) >= 11 is 0. The molecule has 104 valence electrons. The van der Waals surface area contributed by atoms with Gasteiger partial charge < -0.3 is 0 Å². The fourth-order valence-electron chi connectivity index (χ4n) is 3.97. The normalized spacial score (nSPS) is 25.9. The number of likely N-dealkylation sites (N-methyl/N-ethyl adjacent to an activating group) is 1. The number of nitrogens with zero attached hydrogens (tertiary/aromatic N) is 1. The topological polar surface area (TPSA) is 20.3 Å². The van der Waals surface area contributed by atoms with Gasteiger partial charge >= 0.3 is 0 Å². The Balaban J connectivity index is 2.14.